The Morgan fingerprint density at radius 3 is 2.85 bits per heavy atom. The van der Waals surface area contributed by atoms with Crippen LogP contribution in [0.2, 0.25) is 0 Å². The topological polar surface area (TPSA) is 107 Å². The molecule has 1 fully saturated rings. The first-order valence-electron chi connectivity index (χ1n) is 8.34. The van der Waals surface area contributed by atoms with E-state index in [1.165, 1.54) is 16.8 Å². The summed E-state index contributed by atoms with van der Waals surface area (Å²) in [6.45, 7) is 2.59. The lowest BCUT2D eigenvalue weighted by Crippen LogP contribution is -2.51. The number of nitrogens with zero attached hydrogens (tertiary/aromatic N) is 4. The molecule has 8 nitrogen and oxygen atoms in total. The summed E-state index contributed by atoms with van der Waals surface area (Å²) in [5, 5.41) is 15.2. The Hall–Kier alpha value is -2.45. The van der Waals surface area contributed by atoms with E-state index in [0.717, 1.165) is 19.3 Å². The van der Waals surface area contributed by atoms with E-state index in [2.05, 4.69) is 5.10 Å². The van der Waals surface area contributed by atoms with Gasteiger partial charge in [0, 0.05) is 37.0 Å². The molecule has 1 amide bonds. The summed E-state index contributed by atoms with van der Waals surface area (Å²) in [4.78, 5) is 25.1. The Labute approximate surface area is 157 Å². The molecule has 9 heteroatoms. The molecule has 0 aliphatic carbocycles. The minimum atomic E-state index is -0.458. The van der Waals surface area contributed by atoms with Gasteiger partial charge in [0.15, 0.2) is 5.69 Å². The van der Waals surface area contributed by atoms with Crippen molar-refractivity contribution in [3.05, 3.63) is 52.3 Å². The summed E-state index contributed by atoms with van der Waals surface area (Å²) >= 11 is 0. The van der Waals surface area contributed by atoms with E-state index in [-0.39, 0.29) is 36.1 Å². The lowest BCUT2D eigenvalue weighted by molar-refractivity contribution is -0.384. The number of likely N-dealkylation sites (tertiary alicyclic amines) is 1. The number of nitro benzene ring substituents is 1. The normalized spacial score (nSPS) is 18.1. The summed E-state index contributed by atoms with van der Waals surface area (Å²) < 4.78 is 1.48. The van der Waals surface area contributed by atoms with E-state index in [9.17, 15) is 14.9 Å². The number of piperidine rings is 1. The van der Waals surface area contributed by atoms with Gasteiger partial charge >= 0.3 is 0 Å². The molecule has 0 bridgehead atoms. The Balaban J connectivity index is 0.00000243. The summed E-state index contributed by atoms with van der Waals surface area (Å²) in [6, 6.07) is 7.70. The monoisotopic (exact) mass is 379 g/mol. The summed E-state index contributed by atoms with van der Waals surface area (Å²) in [5.41, 5.74) is 6.87. The standard InChI is InChI=1S/C17H21N5O3.ClH/c1-12(18)16-7-2-3-9-20(16)17(23)15-8-10-21(19-15)13-5-4-6-14(11-13)22(24)25;/h4-6,8,10-12,16H,2-3,7,9,18H2,1H3;1H. The fraction of sp³-hybridized carbons (Fsp3) is 0.412. The number of rotatable bonds is 4. The molecule has 2 atom stereocenters. The molecule has 1 saturated heterocycles. The lowest BCUT2D eigenvalue weighted by Gasteiger charge is -2.37. The van der Waals surface area contributed by atoms with Gasteiger partial charge < -0.3 is 10.6 Å². The first-order chi connectivity index (χ1) is 12.0. The molecule has 2 heterocycles. The minimum Gasteiger partial charge on any atom is -0.333 e. The Kier molecular flexibility index (Phi) is 6.33. The first kappa shape index (κ1) is 19.9. The predicted octanol–water partition coefficient (Wildman–Crippen LogP) is 2.54. The van der Waals surface area contributed by atoms with Crippen molar-refractivity contribution in [2.24, 2.45) is 5.73 Å². The molecule has 1 aliphatic heterocycles. The van der Waals surface area contributed by atoms with E-state index in [4.69, 9.17) is 5.73 Å². The smallest absolute Gasteiger partial charge is 0.274 e. The SMILES string of the molecule is CC(N)C1CCCCN1C(=O)c1ccn(-c2cccc([N+](=O)[O-])c2)n1.Cl. The maximum Gasteiger partial charge on any atom is 0.274 e. The van der Waals surface area contributed by atoms with Crippen LogP contribution in [0.15, 0.2) is 36.5 Å². The highest BCUT2D eigenvalue weighted by molar-refractivity contribution is 5.92. The number of benzene rings is 1. The Bertz CT molecular complexity index is 792. The highest BCUT2D eigenvalue weighted by Gasteiger charge is 2.30. The van der Waals surface area contributed by atoms with Crippen molar-refractivity contribution in [1.82, 2.24) is 14.7 Å². The van der Waals surface area contributed by atoms with Crippen LogP contribution in [0.5, 0.6) is 0 Å². The van der Waals surface area contributed by atoms with Crippen LogP contribution < -0.4 is 5.73 Å². The number of nitro groups is 1. The molecule has 140 valence electrons. The van der Waals surface area contributed by atoms with Crippen LogP contribution in [0.1, 0.15) is 36.7 Å². The summed E-state index contributed by atoms with van der Waals surface area (Å²) in [5.74, 6) is -0.147. The number of hydrogen-bond acceptors (Lipinski definition) is 5. The minimum absolute atomic E-state index is 0. The van der Waals surface area contributed by atoms with Gasteiger partial charge in [-0.2, -0.15) is 5.10 Å². The van der Waals surface area contributed by atoms with Crippen LogP contribution in [0.3, 0.4) is 0 Å². The molecule has 1 aliphatic rings. The summed E-state index contributed by atoms with van der Waals surface area (Å²) in [7, 11) is 0. The highest BCUT2D eigenvalue weighted by atomic mass is 35.5. The van der Waals surface area contributed by atoms with Gasteiger partial charge in [0.25, 0.3) is 11.6 Å². The van der Waals surface area contributed by atoms with Gasteiger partial charge in [0.1, 0.15) is 0 Å². The third-order valence-electron chi connectivity index (χ3n) is 4.53. The number of amides is 1. The third-order valence-corrected chi connectivity index (χ3v) is 4.53. The van der Waals surface area contributed by atoms with Crippen molar-refractivity contribution < 1.29 is 9.72 Å². The fourth-order valence-electron chi connectivity index (χ4n) is 3.23. The number of carbonyl (C=O) groups is 1. The maximum absolute atomic E-state index is 12.8. The largest absolute Gasteiger partial charge is 0.333 e. The number of carbonyl (C=O) groups excluding carboxylic acids is 1. The molecule has 0 saturated carbocycles. The van der Waals surface area contributed by atoms with Crippen molar-refractivity contribution >= 4 is 24.0 Å². The van der Waals surface area contributed by atoms with E-state index in [0.29, 0.717) is 17.9 Å². The highest BCUT2D eigenvalue weighted by Crippen LogP contribution is 2.22. The molecule has 2 aromatic rings. The quantitative estimate of drug-likeness (QED) is 0.648. The lowest BCUT2D eigenvalue weighted by atomic mass is 9.96. The van der Waals surface area contributed by atoms with Crippen LogP contribution in [-0.4, -0.2) is 44.1 Å². The van der Waals surface area contributed by atoms with Crippen LogP contribution in [0.4, 0.5) is 5.69 Å². The maximum atomic E-state index is 12.8. The zero-order valence-corrected chi connectivity index (χ0v) is 15.3. The van der Waals surface area contributed by atoms with Gasteiger partial charge in [-0.25, -0.2) is 4.68 Å². The molecular weight excluding hydrogens is 358 g/mol. The van der Waals surface area contributed by atoms with Crippen LogP contribution in [0, 0.1) is 10.1 Å². The number of nitrogens with two attached hydrogens (primary N) is 1. The first-order valence-corrected chi connectivity index (χ1v) is 8.34. The zero-order chi connectivity index (χ0) is 18.0. The van der Waals surface area contributed by atoms with Crippen LogP contribution >= 0.6 is 12.4 Å². The number of halogens is 1. The average Bonchev–Trinajstić information content (AvgIpc) is 3.11. The van der Waals surface area contributed by atoms with Crippen molar-refractivity contribution in [3.63, 3.8) is 0 Å². The van der Waals surface area contributed by atoms with Crippen LogP contribution in [-0.2, 0) is 0 Å². The molecule has 2 unspecified atom stereocenters. The third kappa shape index (κ3) is 4.03. The van der Waals surface area contributed by atoms with Gasteiger partial charge in [0.2, 0.25) is 0 Å². The molecular formula is C17H22ClN5O3. The number of non-ortho nitro benzene ring substituents is 1. The van der Waals surface area contributed by atoms with Gasteiger partial charge in [-0.1, -0.05) is 6.07 Å². The molecule has 1 aromatic carbocycles. The van der Waals surface area contributed by atoms with Crippen molar-refractivity contribution in [2.75, 3.05) is 6.54 Å². The van der Waals surface area contributed by atoms with Crippen LogP contribution in [0.25, 0.3) is 5.69 Å². The second-order valence-corrected chi connectivity index (χ2v) is 6.34. The molecule has 0 radical (unpaired) electrons. The second-order valence-electron chi connectivity index (χ2n) is 6.34. The molecule has 0 spiro atoms. The van der Waals surface area contributed by atoms with Crippen molar-refractivity contribution in [2.45, 2.75) is 38.3 Å². The van der Waals surface area contributed by atoms with E-state index in [1.54, 1.807) is 29.3 Å². The molecule has 26 heavy (non-hydrogen) atoms. The van der Waals surface area contributed by atoms with E-state index < -0.39 is 4.92 Å². The molecule has 1 aromatic heterocycles. The number of aromatic nitrogens is 2. The predicted molar refractivity (Wildman–Crippen MR) is 99.8 cm³/mol. The average molecular weight is 380 g/mol. The second kappa shape index (κ2) is 8.29. The Morgan fingerprint density at radius 2 is 2.15 bits per heavy atom. The zero-order valence-electron chi connectivity index (χ0n) is 14.4. The molecule has 3 rings (SSSR count). The number of hydrogen-bond donors (Lipinski definition) is 1. The van der Waals surface area contributed by atoms with Gasteiger partial charge in [0.05, 0.1) is 10.6 Å². The van der Waals surface area contributed by atoms with E-state index in [1.807, 2.05) is 6.92 Å². The summed E-state index contributed by atoms with van der Waals surface area (Å²) in [6.07, 6.45) is 4.56. The Morgan fingerprint density at radius 1 is 1.38 bits per heavy atom. The fourth-order valence-corrected chi connectivity index (χ4v) is 3.23. The van der Waals surface area contributed by atoms with Gasteiger partial charge in [-0.3, -0.25) is 14.9 Å². The van der Waals surface area contributed by atoms with Crippen molar-refractivity contribution in [1.29, 1.82) is 0 Å². The van der Waals surface area contributed by atoms with Gasteiger partial charge in [-0.15, -0.1) is 12.4 Å². The van der Waals surface area contributed by atoms with Gasteiger partial charge in [-0.05, 0) is 38.3 Å². The molecule has 2 N–H and O–H groups in total. The van der Waals surface area contributed by atoms with Crippen molar-refractivity contribution in [3.8, 4) is 5.69 Å². The van der Waals surface area contributed by atoms with E-state index >= 15 is 0 Å².